The summed E-state index contributed by atoms with van der Waals surface area (Å²) in [6.07, 6.45) is 6.89. The smallest absolute Gasteiger partial charge is 0.272 e. The fraction of sp³-hybridized carbons (Fsp3) is 0.171. The molecule has 8 rings (SSSR count). The number of allylic oxidation sites excluding steroid dienone is 2. The van der Waals surface area contributed by atoms with Crippen molar-refractivity contribution in [1.29, 1.82) is 0 Å². The maximum absolute atomic E-state index is 14.7. The van der Waals surface area contributed by atoms with Crippen LogP contribution in [0.4, 0.5) is 11.5 Å². The van der Waals surface area contributed by atoms with Gasteiger partial charge in [-0.25, -0.2) is 9.97 Å². The number of aromatic amines is 2. The van der Waals surface area contributed by atoms with E-state index in [9.17, 15) is 4.79 Å². The van der Waals surface area contributed by atoms with Crippen molar-refractivity contribution in [1.82, 2.24) is 30.0 Å². The number of nitrogens with one attached hydrogen (secondary N) is 3. The molecule has 3 aromatic heterocycles. The molecule has 1 fully saturated rings. The SMILES string of the molecule is C=CN1C(=C(C(=C)C)c2ccccc2)c2c(C(=O)Nc3cccnc3N3CCC(c4ncn[nH]4)CC3)[nH]c3cc(Cl)cc(c23)C1c1ccc(Cl)cc1. The maximum Gasteiger partial charge on any atom is 0.272 e. The second-order valence-electron chi connectivity index (χ2n) is 13.2. The third-order valence-electron chi connectivity index (χ3n) is 9.95. The van der Waals surface area contributed by atoms with E-state index >= 15 is 0 Å². The predicted molar refractivity (Wildman–Crippen MR) is 209 cm³/mol. The molecule has 0 spiro atoms. The number of carbonyl (C=O) groups is 1. The predicted octanol–water partition coefficient (Wildman–Crippen LogP) is 9.62. The van der Waals surface area contributed by atoms with Gasteiger partial charge in [0, 0.05) is 57.3 Å². The van der Waals surface area contributed by atoms with E-state index in [1.807, 2.05) is 79.9 Å². The van der Waals surface area contributed by atoms with E-state index < -0.39 is 0 Å². The van der Waals surface area contributed by atoms with Gasteiger partial charge in [0.2, 0.25) is 0 Å². The molecule has 2 aliphatic rings. The van der Waals surface area contributed by atoms with E-state index in [0.29, 0.717) is 27.3 Å². The van der Waals surface area contributed by atoms with E-state index in [-0.39, 0.29) is 11.9 Å². The molecule has 9 nitrogen and oxygen atoms in total. The zero-order valence-electron chi connectivity index (χ0n) is 28.5. The zero-order valence-corrected chi connectivity index (χ0v) is 30.0. The molecule has 5 heterocycles. The summed E-state index contributed by atoms with van der Waals surface area (Å²) in [5.74, 6) is 1.61. The summed E-state index contributed by atoms with van der Waals surface area (Å²) in [7, 11) is 0. The minimum Gasteiger partial charge on any atom is -0.355 e. The van der Waals surface area contributed by atoms with Crippen molar-refractivity contribution >= 4 is 62.8 Å². The number of aromatic nitrogens is 5. The summed E-state index contributed by atoms with van der Waals surface area (Å²) in [6, 6.07) is 25.2. The number of amides is 1. The van der Waals surface area contributed by atoms with E-state index in [0.717, 1.165) is 87.6 Å². The minimum absolute atomic E-state index is 0.294. The van der Waals surface area contributed by atoms with E-state index in [1.54, 1.807) is 12.5 Å². The lowest BCUT2D eigenvalue weighted by Crippen LogP contribution is -2.34. The van der Waals surface area contributed by atoms with Crippen molar-refractivity contribution in [2.45, 2.75) is 31.7 Å². The van der Waals surface area contributed by atoms with E-state index in [2.05, 4.69) is 60.6 Å². The Balaban J connectivity index is 1.28. The molecular formula is C41H36Cl2N8O. The van der Waals surface area contributed by atoms with Gasteiger partial charge in [-0.1, -0.05) is 78.8 Å². The van der Waals surface area contributed by atoms with Crippen LogP contribution in [0.3, 0.4) is 0 Å². The first-order valence-electron chi connectivity index (χ1n) is 17.2. The first kappa shape index (κ1) is 33.5. The average Bonchev–Trinajstić information content (AvgIpc) is 3.83. The molecule has 1 unspecified atom stereocenters. The molecule has 2 aliphatic heterocycles. The first-order chi connectivity index (χ1) is 25.3. The highest BCUT2D eigenvalue weighted by Gasteiger charge is 2.38. The summed E-state index contributed by atoms with van der Waals surface area (Å²) < 4.78 is 0. The van der Waals surface area contributed by atoms with E-state index in [4.69, 9.17) is 28.2 Å². The van der Waals surface area contributed by atoms with Crippen LogP contribution in [0, 0.1) is 0 Å². The molecule has 0 bridgehead atoms. The number of rotatable bonds is 8. The fourth-order valence-corrected chi connectivity index (χ4v) is 8.04. The number of anilines is 2. The van der Waals surface area contributed by atoms with Crippen LogP contribution in [-0.2, 0) is 0 Å². The van der Waals surface area contributed by atoms with Crippen LogP contribution in [0.25, 0.3) is 22.2 Å². The molecular weight excluding hydrogens is 691 g/mol. The van der Waals surface area contributed by atoms with Crippen molar-refractivity contribution in [2.75, 3.05) is 23.3 Å². The highest BCUT2D eigenvalue weighted by Crippen LogP contribution is 2.51. The Morgan fingerprint density at radius 1 is 0.981 bits per heavy atom. The Hall–Kier alpha value is -5.64. The van der Waals surface area contributed by atoms with Gasteiger partial charge < -0.3 is 20.1 Å². The molecule has 3 N–H and O–H groups in total. The lowest BCUT2D eigenvalue weighted by molar-refractivity contribution is 0.102. The van der Waals surface area contributed by atoms with Gasteiger partial charge in [-0.3, -0.25) is 9.89 Å². The topological polar surface area (TPSA) is 106 Å². The largest absolute Gasteiger partial charge is 0.355 e. The molecule has 1 saturated heterocycles. The molecule has 260 valence electrons. The van der Waals surface area contributed by atoms with Gasteiger partial charge in [0.1, 0.15) is 17.8 Å². The molecule has 3 aromatic carbocycles. The molecule has 1 amide bonds. The number of hydrogen-bond donors (Lipinski definition) is 3. The van der Waals surface area contributed by atoms with Crippen molar-refractivity contribution in [3.63, 3.8) is 0 Å². The van der Waals surface area contributed by atoms with Crippen LogP contribution in [0.1, 0.15) is 70.3 Å². The number of hydrogen-bond acceptors (Lipinski definition) is 6. The molecule has 0 saturated carbocycles. The van der Waals surface area contributed by atoms with E-state index in [1.165, 1.54) is 0 Å². The molecule has 1 atom stereocenters. The van der Waals surface area contributed by atoms with Gasteiger partial charge >= 0.3 is 0 Å². The number of H-pyrrole nitrogens is 2. The molecule has 11 heteroatoms. The van der Waals surface area contributed by atoms with Gasteiger partial charge in [0.05, 0.1) is 17.4 Å². The highest BCUT2D eigenvalue weighted by molar-refractivity contribution is 6.32. The van der Waals surface area contributed by atoms with Gasteiger partial charge in [0.15, 0.2) is 5.82 Å². The molecule has 6 aromatic rings. The van der Waals surface area contributed by atoms with Crippen LogP contribution in [0.15, 0.2) is 116 Å². The maximum atomic E-state index is 14.7. The average molecular weight is 728 g/mol. The monoisotopic (exact) mass is 726 g/mol. The van der Waals surface area contributed by atoms with Crippen molar-refractivity contribution in [2.24, 2.45) is 0 Å². The van der Waals surface area contributed by atoms with Crippen molar-refractivity contribution in [3.8, 4) is 0 Å². The Morgan fingerprint density at radius 2 is 1.75 bits per heavy atom. The number of piperidine rings is 1. The summed E-state index contributed by atoms with van der Waals surface area (Å²) >= 11 is 13.2. The Labute approximate surface area is 311 Å². The number of halogens is 2. The molecule has 0 radical (unpaired) electrons. The second kappa shape index (κ2) is 13.8. The van der Waals surface area contributed by atoms with Crippen molar-refractivity contribution < 1.29 is 4.79 Å². The zero-order chi connectivity index (χ0) is 35.9. The lowest BCUT2D eigenvalue weighted by atomic mass is 9.83. The summed E-state index contributed by atoms with van der Waals surface area (Å²) in [5.41, 5.74) is 7.93. The highest BCUT2D eigenvalue weighted by atomic mass is 35.5. The summed E-state index contributed by atoms with van der Waals surface area (Å²) in [5, 5.41) is 12.4. The first-order valence-corrected chi connectivity index (χ1v) is 17.9. The summed E-state index contributed by atoms with van der Waals surface area (Å²) in [4.78, 5) is 31.7. The third kappa shape index (κ3) is 5.95. The van der Waals surface area contributed by atoms with Crippen molar-refractivity contribution in [3.05, 3.63) is 160 Å². The Morgan fingerprint density at radius 3 is 2.44 bits per heavy atom. The number of nitrogens with zero attached hydrogens (tertiary/aromatic N) is 5. The van der Waals surface area contributed by atoms with Gasteiger partial charge in [-0.2, -0.15) is 5.10 Å². The van der Waals surface area contributed by atoms with Crippen LogP contribution < -0.4 is 10.2 Å². The standard InChI is InChI=1S/C41H36Cl2N8O/c1-4-51-37(26-12-14-28(42)15-13-26)30-21-29(43)22-32-34(30)35(38(51)33(24(2)3)25-9-6-5-7-10-25)36(47-32)41(52)48-31-11-8-18-44-40(31)50-19-16-27(17-20-50)39-45-23-46-49-39/h4-15,18,21-23,27,37,47H,1-2,16-17,19-20H2,3H3,(H,48,52)(H,45,46,49). The lowest BCUT2D eigenvalue weighted by Gasteiger charge is -2.39. The van der Waals surface area contributed by atoms with Crippen LogP contribution >= 0.6 is 23.2 Å². The van der Waals surface area contributed by atoms with Gasteiger partial charge in [0.25, 0.3) is 5.91 Å². The minimum atomic E-state index is -0.326. The molecule has 52 heavy (non-hydrogen) atoms. The number of benzene rings is 3. The molecule has 0 aliphatic carbocycles. The van der Waals surface area contributed by atoms with Crippen LogP contribution in [0.2, 0.25) is 10.0 Å². The van der Waals surface area contributed by atoms with Gasteiger partial charge in [-0.05, 0) is 84.6 Å². The fourth-order valence-electron chi connectivity index (χ4n) is 7.69. The normalized spacial score (nSPS) is 16.9. The summed E-state index contributed by atoms with van der Waals surface area (Å²) in [6.45, 7) is 12.3. The quantitative estimate of drug-likeness (QED) is 0.144. The number of pyridine rings is 1. The van der Waals surface area contributed by atoms with Crippen LogP contribution in [0.5, 0.6) is 0 Å². The van der Waals surface area contributed by atoms with Gasteiger partial charge in [-0.15, -0.1) is 0 Å². The Kier molecular flexibility index (Phi) is 8.90. The second-order valence-corrected chi connectivity index (χ2v) is 14.0. The Bertz CT molecular complexity index is 2340. The third-order valence-corrected chi connectivity index (χ3v) is 10.4. The number of carbonyl (C=O) groups excluding carboxylic acids is 1. The van der Waals surface area contributed by atoms with Crippen LogP contribution in [-0.4, -0.2) is 49.0 Å².